The van der Waals surface area contributed by atoms with E-state index in [9.17, 15) is 4.79 Å². The minimum atomic E-state index is -0.0259. The molecule has 3 rings (SSSR count). The van der Waals surface area contributed by atoms with Crippen LogP contribution in [0.3, 0.4) is 0 Å². The maximum absolute atomic E-state index is 12.1. The number of urea groups is 1. The van der Waals surface area contributed by atoms with Crippen molar-refractivity contribution in [2.45, 2.75) is 57.0 Å². The summed E-state index contributed by atoms with van der Waals surface area (Å²) in [5.74, 6) is 0.981. The fourth-order valence-corrected chi connectivity index (χ4v) is 3.79. The molecule has 1 saturated heterocycles. The van der Waals surface area contributed by atoms with Gasteiger partial charge in [0.05, 0.1) is 25.9 Å². The van der Waals surface area contributed by atoms with Gasteiger partial charge in [0.1, 0.15) is 0 Å². The lowest BCUT2D eigenvalue weighted by Gasteiger charge is -2.25. The second kappa shape index (κ2) is 7.68. The Morgan fingerprint density at radius 1 is 1.23 bits per heavy atom. The molecule has 2 heterocycles. The van der Waals surface area contributed by atoms with Gasteiger partial charge in [0, 0.05) is 18.9 Å². The molecule has 1 aromatic rings. The van der Waals surface area contributed by atoms with E-state index >= 15 is 0 Å². The van der Waals surface area contributed by atoms with E-state index in [2.05, 4.69) is 10.6 Å². The van der Waals surface area contributed by atoms with Crippen LogP contribution in [-0.4, -0.2) is 31.7 Å². The maximum Gasteiger partial charge on any atom is 0.315 e. The predicted molar refractivity (Wildman–Crippen MR) is 84.8 cm³/mol. The number of hydrogen-bond donors (Lipinski definition) is 3. The molecule has 3 N–H and O–H groups in total. The third-order valence-corrected chi connectivity index (χ3v) is 5.03. The Labute approximate surface area is 132 Å². The van der Waals surface area contributed by atoms with Crippen molar-refractivity contribution in [1.29, 1.82) is 0 Å². The summed E-state index contributed by atoms with van der Waals surface area (Å²) in [6, 6.07) is 4.52. The number of furan rings is 1. The Balaban J connectivity index is 1.51. The molecule has 1 saturated carbocycles. The first kappa shape index (κ1) is 15.4. The molecule has 22 heavy (non-hydrogen) atoms. The zero-order valence-corrected chi connectivity index (χ0v) is 13.3. The van der Waals surface area contributed by atoms with Crippen molar-refractivity contribution in [2.24, 2.45) is 0 Å². The summed E-state index contributed by atoms with van der Waals surface area (Å²) in [5.41, 5.74) is 0. The molecule has 0 spiro atoms. The van der Waals surface area contributed by atoms with Crippen molar-refractivity contribution in [3.63, 3.8) is 0 Å². The van der Waals surface area contributed by atoms with E-state index in [1.54, 1.807) is 6.26 Å². The highest BCUT2D eigenvalue weighted by Crippen LogP contribution is 2.17. The molecule has 5 heteroatoms. The van der Waals surface area contributed by atoms with Crippen LogP contribution in [0.2, 0.25) is 0 Å². The largest absolute Gasteiger partial charge is 0.463 e. The Morgan fingerprint density at radius 3 is 2.68 bits per heavy atom. The van der Waals surface area contributed by atoms with E-state index < -0.39 is 0 Å². The summed E-state index contributed by atoms with van der Waals surface area (Å²) in [4.78, 5) is 13.7. The van der Waals surface area contributed by atoms with Crippen LogP contribution in [0.5, 0.6) is 0 Å². The van der Waals surface area contributed by atoms with Gasteiger partial charge in [-0.05, 0) is 25.0 Å². The van der Waals surface area contributed by atoms with Crippen LogP contribution in [0, 0.1) is 0 Å². The van der Waals surface area contributed by atoms with Gasteiger partial charge in [0.2, 0.25) is 0 Å². The zero-order chi connectivity index (χ0) is 15.2. The SMILES string of the molecule is O=C(NC[C@H](c1ccco1)[NH+]1CCCC1)NC1CCCCC1. The second-order valence-corrected chi connectivity index (χ2v) is 6.62. The van der Waals surface area contributed by atoms with E-state index in [4.69, 9.17) is 4.42 Å². The molecule has 0 aromatic carbocycles. The van der Waals surface area contributed by atoms with Gasteiger partial charge in [-0.2, -0.15) is 0 Å². The van der Waals surface area contributed by atoms with Crippen molar-refractivity contribution in [3.05, 3.63) is 24.2 Å². The third-order valence-electron chi connectivity index (χ3n) is 5.03. The second-order valence-electron chi connectivity index (χ2n) is 6.62. The number of nitrogens with one attached hydrogen (secondary N) is 3. The first-order chi connectivity index (χ1) is 10.8. The number of rotatable bonds is 5. The molecule has 1 aliphatic carbocycles. The number of hydrogen-bond acceptors (Lipinski definition) is 2. The molecule has 2 amide bonds. The van der Waals surface area contributed by atoms with Crippen LogP contribution in [0.4, 0.5) is 4.79 Å². The zero-order valence-electron chi connectivity index (χ0n) is 13.3. The molecule has 1 aromatic heterocycles. The standard InChI is InChI=1S/C17H27N3O2/c21-17(19-14-7-2-1-3-8-14)18-13-15(16-9-6-12-22-16)20-10-4-5-11-20/h6,9,12,14-15H,1-5,7-8,10-11,13H2,(H2,18,19,21)/p+1/t15-/m1/s1. The van der Waals surface area contributed by atoms with Gasteiger partial charge in [-0.15, -0.1) is 0 Å². The van der Waals surface area contributed by atoms with E-state index in [1.165, 1.54) is 37.0 Å². The van der Waals surface area contributed by atoms with E-state index in [0.29, 0.717) is 12.6 Å². The predicted octanol–water partition coefficient (Wildman–Crippen LogP) is 1.63. The van der Waals surface area contributed by atoms with Crippen LogP contribution in [0.1, 0.15) is 56.7 Å². The van der Waals surface area contributed by atoms with Gasteiger partial charge in [0.25, 0.3) is 0 Å². The summed E-state index contributed by atoms with van der Waals surface area (Å²) in [7, 11) is 0. The molecular weight excluding hydrogens is 278 g/mol. The number of carbonyl (C=O) groups is 1. The molecule has 2 aliphatic rings. The summed E-state index contributed by atoms with van der Waals surface area (Å²) in [6.45, 7) is 2.97. The lowest BCUT2D eigenvalue weighted by atomic mass is 9.96. The summed E-state index contributed by atoms with van der Waals surface area (Å²) in [6.07, 6.45) is 10.3. The van der Waals surface area contributed by atoms with Gasteiger partial charge in [-0.1, -0.05) is 19.3 Å². The third kappa shape index (κ3) is 4.03. The summed E-state index contributed by atoms with van der Waals surface area (Å²) in [5, 5.41) is 6.18. The fourth-order valence-electron chi connectivity index (χ4n) is 3.79. The van der Waals surface area contributed by atoms with Crippen molar-refractivity contribution in [2.75, 3.05) is 19.6 Å². The highest BCUT2D eigenvalue weighted by Gasteiger charge is 2.30. The summed E-state index contributed by atoms with van der Waals surface area (Å²) >= 11 is 0. The molecular formula is C17H28N3O2+. The molecule has 2 fully saturated rings. The fraction of sp³-hybridized carbons (Fsp3) is 0.706. The molecule has 0 bridgehead atoms. The van der Waals surface area contributed by atoms with Crippen molar-refractivity contribution in [1.82, 2.24) is 10.6 Å². The van der Waals surface area contributed by atoms with Gasteiger partial charge in [0.15, 0.2) is 11.8 Å². The van der Waals surface area contributed by atoms with Crippen LogP contribution in [0.15, 0.2) is 22.8 Å². The topological polar surface area (TPSA) is 58.7 Å². The Morgan fingerprint density at radius 2 is 2.00 bits per heavy atom. The van der Waals surface area contributed by atoms with Crippen LogP contribution >= 0.6 is 0 Å². The normalized spacial score (nSPS) is 21.6. The molecule has 1 aliphatic heterocycles. The van der Waals surface area contributed by atoms with Crippen molar-refractivity contribution >= 4 is 6.03 Å². The van der Waals surface area contributed by atoms with Crippen LogP contribution < -0.4 is 15.5 Å². The number of amides is 2. The van der Waals surface area contributed by atoms with Crippen molar-refractivity contribution < 1.29 is 14.1 Å². The molecule has 0 radical (unpaired) electrons. The maximum atomic E-state index is 12.1. The monoisotopic (exact) mass is 306 g/mol. The van der Waals surface area contributed by atoms with E-state index in [-0.39, 0.29) is 12.1 Å². The van der Waals surface area contributed by atoms with Gasteiger partial charge in [-0.3, -0.25) is 0 Å². The highest BCUT2D eigenvalue weighted by atomic mass is 16.3. The molecule has 5 nitrogen and oxygen atoms in total. The average molecular weight is 306 g/mol. The minimum absolute atomic E-state index is 0.0259. The average Bonchev–Trinajstić information content (AvgIpc) is 3.22. The number of quaternary nitrogens is 1. The van der Waals surface area contributed by atoms with Crippen molar-refractivity contribution in [3.8, 4) is 0 Å². The lowest BCUT2D eigenvalue weighted by Crippen LogP contribution is -3.11. The molecule has 0 unspecified atom stereocenters. The molecule has 122 valence electrons. The Hall–Kier alpha value is -1.49. The lowest BCUT2D eigenvalue weighted by molar-refractivity contribution is -0.919. The first-order valence-electron chi connectivity index (χ1n) is 8.75. The Bertz CT molecular complexity index is 448. The van der Waals surface area contributed by atoms with Gasteiger partial charge >= 0.3 is 6.03 Å². The molecule has 1 atom stereocenters. The smallest absolute Gasteiger partial charge is 0.315 e. The Kier molecular flexibility index (Phi) is 5.38. The van der Waals surface area contributed by atoms with Crippen LogP contribution in [0.25, 0.3) is 0 Å². The van der Waals surface area contributed by atoms with Gasteiger partial charge in [-0.25, -0.2) is 4.79 Å². The first-order valence-corrected chi connectivity index (χ1v) is 8.75. The van der Waals surface area contributed by atoms with E-state index in [1.807, 2.05) is 12.1 Å². The van der Waals surface area contributed by atoms with Crippen LogP contribution in [-0.2, 0) is 0 Å². The quantitative estimate of drug-likeness (QED) is 0.774. The number of likely N-dealkylation sites (tertiary alicyclic amines) is 1. The summed E-state index contributed by atoms with van der Waals surface area (Å²) < 4.78 is 5.60. The highest BCUT2D eigenvalue weighted by molar-refractivity contribution is 5.74. The number of carbonyl (C=O) groups excluding carboxylic acids is 1. The minimum Gasteiger partial charge on any atom is -0.463 e. The van der Waals surface area contributed by atoms with E-state index in [0.717, 1.165) is 31.7 Å². The van der Waals surface area contributed by atoms with Gasteiger partial charge < -0.3 is 20.0 Å².